The van der Waals surface area contributed by atoms with Crippen LogP contribution in [0.15, 0.2) is 60.8 Å². The van der Waals surface area contributed by atoms with Crippen LogP contribution in [0.4, 0.5) is 0 Å². The third-order valence-corrected chi connectivity index (χ3v) is 11.0. The number of unbranched alkanes of at least 4 members (excludes halogenated alkanes) is 25. The molecular formula is C55H96O6. The Morgan fingerprint density at radius 3 is 1.03 bits per heavy atom. The second kappa shape index (κ2) is 49.8. The van der Waals surface area contributed by atoms with E-state index in [-0.39, 0.29) is 37.5 Å². The molecule has 0 aliphatic rings. The van der Waals surface area contributed by atoms with Crippen molar-refractivity contribution in [3.63, 3.8) is 0 Å². The number of hydrogen-bond acceptors (Lipinski definition) is 6. The standard InChI is InChI=1S/C55H96O6/c1-4-7-10-13-16-19-22-24-26-27-29-31-34-37-40-43-46-49-55(58)61-52(50-59-53(56)47-44-41-38-35-32-21-18-15-12-9-6-3)51-60-54(57)48-45-42-39-36-33-30-28-25-23-20-17-14-11-8-5-2/h16,19-20,23-24,26,29,31,37,40,52H,4-15,17-18,21-22,25,27-28,30,32-36,38-39,41-51H2,1-3H3/b19-16-,23-20-,26-24-,31-29-,40-37-/t52-/m0/s1. The van der Waals surface area contributed by atoms with Gasteiger partial charge >= 0.3 is 17.9 Å². The van der Waals surface area contributed by atoms with Gasteiger partial charge in [0.25, 0.3) is 0 Å². The highest BCUT2D eigenvalue weighted by Crippen LogP contribution is 2.14. The topological polar surface area (TPSA) is 78.9 Å². The molecule has 6 heteroatoms. The van der Waals surface area contributed by atoms with E-state index in [1.54, 1.807) is 0 Å². The Bertz CT molecular complexity index is 1120. The van der Waals surface area contributed by atoms with E-state index in [0.717, 1.165) is 64.2 Å². The molecule has 6 nitrogen and oxygen atoms in total. The van der Waals surface area contributed by atoms with Crippen LogP contribution in [-0.4, -0.2) is 37.2 Å². The summed E-state index contributed by atoms with van der Waals surface area (Å²) >= 11 is 0. The molecule has 0 saturated carbocycles. The summed E-state index contributed by atoms with van der Waals surface area (Å²) in [7, 11) is 0. The number of esters is 3. The van der Waals surface area contributed by atoms with Gasteiger partial charge in [0.05, 0.1) is 0 Å². The number of carbonyl (C=O) groups is 3. The first kappa shape index (κ1) is 58.1. The van der Waals surface area contributed by atoms with E-state index in [0.29, 0.717) is 19.3 Å². The molecule has 1 atom stereocenters. The molecule has 0 N–H and O–H groups in total. The molecule has 0 aromatic carbocycles. The summed E-state index contributed by atoms with van der Waals surface area (Å²) in [6, 6.07) is 0. The first-order chi connectivity index (χ1) is 30.0. The van der Waals surface area contributed by atoms with Crippen LogP contribution in [0.2, 0.25) is 0 Å². The van der Waals surface area contributed by atoms with Crippen molar-refractivity contribution in [3.05, 3.63) is 60.8 Å². The average molecular weight is 853 g/mol. The Hall–Kier alpha value is -2.89. The van der Waals surface area contributed by atoms with E-state index in [2.05, 4.69) is 81.5 Å². The summed E-state index contributed by atoms with van der Waals surface area (Å²) in [6.45, 7) is 6.55. The zero-order chi connectivity index (χ0) is 44.4. The highest BCUT2D eigenvalue weighted by atomic mass is 16.6. The normalized spacial score (nSPS) is 12.5. The Labute approximate surface area is 377 Å². The number of carbonyl (C=O) groups excluding carboxylic acids is 3. The monoisotopic (exact) mass is 853 g/mol. The van der Waals surface area contributed by atoms with Crippen molar-refractivity contribution in [3.8, 4) is 0 Å². The van der Waals surface area contributed by atoms with E-state index in [9.17, 15) is 14.4 Å². The predicted molar refractivity (Wildman–Crippen MR) is 261 cm³/mol. The summed E-state index contributed by atoms with van der Waals surface area (Å²) in [5.74, 6) is -0.953. The molecule has 0 fully saturated rings. The van der Waals surface area contributed by atoms with Gasteiger partial charge in [0.15, 0.2) is 6.10 Å². The highest BCUT2D eigenvalue weighted by Gasteiger charge is 2.19. The number of hydrogen-bond donors (Lipinski definition) is 0. The molecule has 0 bridgehead atoms. The smallest absolute Gasteiger partial charge is 0.306 e. The molecule has 0 radical (unpaired) electrons. The lowest BCUT2D eigenvalue weighted by Gasteiger charge is -2.18. The van der Waals surface area contributed by atoms with Gasteiger partial charge in [-0.15, -0.1) is 0 Å². The largest absolute Gasteiger partial charge is 0.462 e. The SMILES string of the molecule is CCCCC/C=C\C/C=C\C/C=C\C/C=C\CCCC(=O)O[C@H](COC(=O)CCCCCCCCC/C=C\CCCCCC)COC(=O)CCCCCCCCCCCCC. The predicted octanol–water partition coefficient (Wildman–Crippen LogP) is 16.9. The zero-order valence-corrected chi connectivity index (χ0v) is 40.2. The number of rotatable bonds is 46. The second-order valence-electron chi connectivity index (χ2n) is 17.1. The summed E-state index contributed by atoms with van der Waals surface area (Å²) in [6.07, 6.45) is 60.6. The minimum atomic E-state index is -0.801. The number of allylic oxidation sites excluding steroid dienone is 10. The van der Waals surface area contributed by atoms with Crippen molar-refractivity contribution in [2.24, 2.45) is 0 Å². The Morgan fingerprint density at radius 2 is 0.607 bits per heavy atom. The summed E-state index contributed by atoms with van der Waals surface area (Å²) in [4.78, 5) is 37.9. The second-order valence-corrected chi connectivity index (χ2v) is 17.1. The molecule has 0 aliphatic carbocycles. The fourth-order valence-corrected chi connectivity index (χ4v) is 7.08. The van der Waals surface area contributed by atoms with Gasteiger partial charge in [-0.3, -0.25) is 14.4 Å². The van der Waals surface area contributed by atoms with Crippen LogP contribution in [0.25, 0.3) is 0 Å². The van der Waals surface area contributed by atoms with Crippen molar-refractivity contribution in [2.75, 3.05) is 13.2 Å². The minimum Gasteiger partial charge on any atom is -0.462 e. The molecule has 0 amide bonds. The molecular weight excluding hydrogens is 757 g/mol. The van der Waals surface area contributed by atoms with Crippen LogP contribution in [0.5, 0.6) is 0 Å². The third-order valence-electron chi connectivity index (χ3n) is 11.0. The van der Waals surface area contributed by atoms with Crippen molar-refractivity contribution in [1.82, 2.24) is 0 Å². The van der Waals surface area contributed by atoms with Crippen molar-refractivity contribution in [2.45, 2.75) is 258 Å². The van der Waals surface area contributed by atoms with E-state index in [1.807, 2.05) is 0 Å². The molecule has 0 spiro atoms. The van der Waals surface area contributed by atoms with Crippen LogP contribution >= 0.6 is 0 Å². The Kier molecular flexibility index (Phi) is 47.4. The maximum Gasteiger partial charge on any atom is 0.306 e. The number of ether oxygens (including phenoxy) is 3. The maximum absolute atomic E-state index is 12.8. The van der Waals surface area contributed by atoms with Gasteiger partial charge < -0.3 is 14.2 Å². The van der Waals surface area contributed by atoms with E-state index in [4.69, 9.17) is 14.2 Å². The van der Waals surface area contributed by atoms with Gasteiger partial charge in [0.2, 0.25) is 0 Å². The third kappa shape index (κ3) is 48.0. The fourth-order valence-electron chi connectivity index (χ4n) is 7.08. The molecule has 0 aliphatic heterocycles. The van der Waals surface area contributed by atoms with Gasteiger partial charge in [-0.05, 0) is 83.5 Å². The Balaban J connectivity index is 4.46. The molecule has 0 unspecified atom stereocenters. The van der Waals surface area contributed by atoms with Crippen molar-refractivity contribution in [1.29, 1.82) is 0 Å². The lowest BCUT2D eigenvalue weighted by molar-refractivity contribution is -0.167. The van der Waals surface area contributed by atoms with Crippen LogP contribution < -0.4 is 0 Å². The van der Waals surface area contributed by atoms with E-state index >= 15 is 0 Å². The molecule has 352 valence electrons. The molecule has 0 rings (SSSR count). The van der Waals surface area contributed by atoms with Gasteiger partial charge in [0.1, 0.15) is 13.2 Å². The fraction of sp³-hybridized carbons (Fsp3) is 0.764. The summed E-state index contributed by atoms with van der Waals surface area (Å²) in [5, 5.41) is 0. The molecule has 0 heterocycles. The molecule has 0 saturated heterocycles. The lowest BCUT2D eigenvalue weighted by atomic mass is 10.1. The molecule has 0 aromatic heterocycles. The van der Waals surface area contributed by atoms with Crippen LogP contribution in [0.1, 0.15) is 252 Å². The average Bonchev–Trinajstić information content (AvgIpc) is 3.26. The summed E-state index contributed by atoms with van der Waals surface area (Å²) in [5.41, 5.74) is 0. The van der Waals surface area contributed by atoms with E-state index < -0.39 is 6.10 Å². The van der Waals surface area contributed by atoms with Gasteiger partial charge in [0, 0.05) is 19.3 Å². The Morgan fingerprint density at radius 1 is 0.328 bits per heavy atom. The highest BCUT2D eigenvalue weighted by molar-refractivity contribution is 5.71. The van der Waals surface area contributed by atoms with Crippen LogP contribution in [0.3, 0.4) is 0 Å². The van der Waals surface area contributed by atoms with Gasteiger partial charge in [-0.2, -0.15) is 0 Å². The van der Waals surface area contributed by atoms with Crippen molar-refractivity contribution >= 4 is 17.9 Å². The van der Waals surface area contributed by atoms with Crippen LogP contribution in [-0.2, 0) is 28.6 Å². The maximum atomic E-state index is 12.8. The van der Waals surface area contributed by atoms with Gasteiger partial charge in [-0.25, -0.2) is 0 Å². The first-order valence-corrected chi connectivity index (χ1v) is 25.8. The quantitative estimate of drug-likeness (QED) is 0.0263. The summed E-state index contributed by atoms with van der Waals surface area (Å²) < 4.78 is 16.7. The zero-order valence-electron chi connectivity index (χ0n) is 40.2. The first-order valence-electron chi connectivity index (χ1n) is 25.8. The minimum absolute atomic E-state index is 0.0954. The van der Waals surface area contributed by atoms with Crippen LogP contribution in [0, 0.1) is 0 Å². The van der Waals surface area contributed by atoms with E-state index in [1.165, 1.54) is 141 Å². The lowest BCUT2D eigenvalue weighted by Crippen LogP contribution is -2.30. The molecule has 0 aromatic rings. The van der Waals surface area contributed by atoms with Gasteiger partial charge in [-0.1, -0.05) is 210 Å². The van der Waals surface area contributed by atoms with Crippen molar-refractivity contribution < 1.29 is 28.6 Å². The molecule has 61 heavy (non-hydrogen) atoms.